The van der Waals surface area contributed by atoms with Crippen molar-refractivity contribution in [1.29, 1.82) is 0 Å². The Morgan fingerprint density at radius 3 is 2.28 bits per heavy atom. The second-order valence-electron chi connectivity index (χ2n) is 11.2. The van der Waals surface area contributed by atoms with Crippen LogP contribution in [-0.4, -0.2) is 26.1 Å². The molecule has 0 atom stereocenters. The number of fused-ring (bicyclic) bond motifs is 1. The molecule has 0 aliphatic heterocycles. The van der Waals surface area contributed by atoms with Gasteiger partial charge in [0.15, 0.2) is 0 Å². The number of benzene rings is 2. The molecule has 1 aliphatic rings. The van der Waals surface area contributed by atoms with Crippen LogP contribution in [0.3, 0.4) is 0 Å². The lowest BCUT2D eigenvalue weighted by Gasteiger charge is -2.43. The van der Waals surface area contributed by atoms with Crippen molar-refractivity contribution < 1.29 is 9.53 Å². The van der Waals surface area contributed by atoms with E-state index in [4.69, 9.17) is 9.72 Å². The highest BCUT2D eigenvalue weighted by Gasteiger charge is 2.41. The van der Waals surface area contributed by atoms with Crippen LogP contribution in [-0.2, 0) is 10.3 Å². The van der Waals surface area contributed by atoms with Gasteiger partial charge in [-0.05, 0) is 69.4 Å². The first-order chi connectivity index (χ1) is 18.8. The summed E-state index contributed by atoms with van der Waals surface area (Å²) in [4.78, 5) is 22.0. The van der Waals surface area contributed by atoms with E-state index in [9.17, 15) is 4.79 Å². The van der Waals surface area contributed by atoms with E-state index in [0.29, 0.717) is 0 Å². The molecule has 1 aliphatic carbocycles. The maximum Gasteiger partial charge on any atom is 0.408 e. The molecule has 0 unspecified atom stereocenters. The van der Waals surface area contributed by atoms with Crippen LogP contribution in [0, 0.1) is 0 Å². The summed E-state index contributed by atoms with van der Waals surface area (Å²) in [6.45, 7) is 5.65. The minimum atomic E-state index is -0.535. The topological polar surface area (TPSA) is 68.5 Å². The molecule has 6 nitrogen and oxygen atoms in total. The molecule has 3 aromatic heterocycles. The van der Waals surface area contributed by atoms with Crippen molar-refractivity contribution in [1.82, 2.24) is 19.7 Å². The molecule has 3 heterocycles. The zero-order chi connectivity index (χ0) is 27.0. The normalized spacial score (nSPS) is 14.5. The number of imidazole rings is 1. The lowest BCUT2D eigenvalue weighted by atomic mass is 9.71. The van der Waals surface area contributed by atoms with E-state index in [1.807, 2.05) is 51.2 Å². The predicted molar refractivity (Wildman–Crippen MR) is 154 cm³/mol. The summed E-state index contributed by atoms with van der Waals surface area (Å²) in [5.41, 5.74) is 7.24. The van der Waals surface area contributed by atoms with Gasteiger partial charge in [-0.2, -0.15) is 0 Å². The predicted octanol–water partition coefficient (Wildman–Crippen LogP) is 7.63. The Morgan fingerprint density at radius 1 is 0.897 bits per heavy atom. The fourth-order valence-electron chi connectivity index (χ4n) is 5.29. The molecule has 1 N–H and O–H groups in total. The van der Waals surface area contributed by atoms with Crippen molar-refractivity contribution in [3.63, 3.8) is 0 Å². The molecule has 0 saturated heterocycles. The Balaban J connectivity index is 1.39. The highest BCUT2D eigenvalue weighted by Crippen LogP contribution is 2.42. The third-order valence-corrected chi connectivity index (χ3v) is 7.33. The summed E-state index contributed by atoms with van der Waals surface area (Å²) < 4.78 is 7.71. The highest BCUT2D eigenvalue weighted by atomic mass is 16.6. The van der Waals surface area contributed by atoms with Gasteiger partial charge in [-0.3, -0.25) is 9.38 Å². The number of amides is 1. The van der Waals surface area contributed by atoms with Crippen molar-refractivity contribution in [2.75, 3.05) is 0 Å². The third kappa shape index (κ3) is 4.90. The van der Waals surface area contributed by atoms with Crippen LogP contribution in [0.25, 0.3) is 39.3 Å². The molecule has 0 radical (unpaired) electrons. The Hall–Kier alpha value is -4.45. The quantitative estimate of drug-likeness (QED) is 0.261. The first-order valence-electron chi connectivity index (χ1n) is 13.4. The van der Waals surface area contributed by atoms with Crippen LogP contribution >= 0.6 is 0 Å². The number of rotatable bonds is 5. The Kier molecular flexibility index (Phi) is 6.18. The summed E-state index contributed by atoms with van der Waals surface area (Å²) in [6.07, 6.45) is 8.22. The summed E-state index contributed by atoms with van der Waals surface area (Å²) >= 11 is 0. The number of alkyl carbamates (subject to hydrolysis) is 1. The average molecular weight is 517 g/mol. The molecule has 196 valence electrons. The standard InChI is InChI=1S/C33H32N4O2/c1-32(2,3)39-31(38)36-33(17-8-18-33)27-14-12-23(13-15-27)29-30(24-9-5-4-6-10-24)37-20-16-25(21-28(37)35-29)26-11-7-19-34-22-26/h4-7,9-16,19-22H,8,17-18H2,1-3H3,(H,36,38). The number of nitrogens with one attached hydrogen (secondary N) is 1. The zero-order valence-electron chi connectivity index (χ0n) is 22.5. The van der Waals surface area contributed by atoms with Gasteiger partial charge in [-0.25, -0.2) is 9.78 Å². The van der Waals surface area contributed by atoms with Crippen LogP contribution in [0.1, 0.15) is 45.6 Å². The minimum Gasteiger partial charge on any atom is -0.444 e. The van der Waals surface area contributed by atoms with Crippen LogP contribution < -0.4 is 5.32 Å². The van der Waals surface area contributed by atoms with E-state index >= 15 is 0 Å². The van der Waals surface area contributed by atoms with Crippen molar-refractivity contribution in [3.05, 3.63) is 103 Å². The van der Waals surface area contributed by atoms with Gasteiger partial charge in [0.1, 0.15) is 11.2 Å². The first kappa shape index (κ1) is 24.9. The number of carbonyl (C=O) groups excluding carboxylic acids is 1. The van der Waals surface area contributed by atoms with Gasteiger partial charge in [0.25, 0.3) is 0 Å². The van der Waals surface area contributed by atoms with Gasteiger partial charge in [0.2, 0.25) is 0 Å². The summed E-state index contributed by atoms with van der Waals surface area (Å²) in [5, 5.41) is 3.16. The molecule has 0 bridgehead atoms. The smallest absolute Gasteiger partial charge is 0.408 e. The summed E-state index contributed by atoms with van der Waals surface area (Å²) in [6, 6.07) is 27.0. The van der Waals surface area contributed by atoms with Crippen molar-refractivity contribution in [2.45, 2.75) is 51.2 Å². The van der Waals surface area contributed by atoms with Crippen LogP contribution in [0.4, 0.5) is 4.79 Å². The number of ether oxygens (including phenoxy) is 1. The molecule has 1 fully saturated rings. The van der Waals surface area contributed by atoms with E-state index in [0.717, 1.165) is 64.1 Å². The molecule has 6 heteroatoms. The summed E-state index contributed by atoms with van der Waals surface area (Å²) in [5.74, 6) is 0. The molecule has 1 saturated carbocycles. The molecule has 2 aromatic carbocycles. The lowest BCUT2D eigenvalue weighted by Crippen LogP contribution is -2.52. The molecule has 39 heavy (non-hydrogen) atoms. The Labute approximate surface area is 228 Å². The second kappa shape index (κ2) is 9.70. The number of carbonyl (C=O) groups is 1. The first-order valence-corrected chi connectivity index (χ1v) is 13.4. The Bertz CT molecular complexity index is 1610. The van der Waals surface area contributed by atoms with Crippen molar-refractivity contribution in [3.8, 4) is 33.6 Å². The summed E-state index contributed by atoms with van der Waals surface area (Å²) in [7, 11) is 0. The van der Waals surface area contributed by atoms with Crippen molar-refractivity contribution >= 4 is 11.7 Å². The number of nitrogens with zero attached hydrogens (tertiary/aromatic N) is 3. The molecule has 0 spiro atoms. The third-order valence-electron chi connectivity index (χ3n) is 7.33. The minimum absolute atomic E-state index is 0.373. The van der Waals surface area contributed by atoms with Gasteiger partial charge in [-0.1, -0.05) is 60.7 Å². The van der Waals surface area contributed by atoms with E-state index in [1.54, 1.807) is 6.20 Å². The molecule has 6 rings (SSSR count). The maximum absolute atomic E-state index is 12.6. The molecule has 1 amide bonds. The van der Waals surface area contributed by atoms with E-state index in [2.05, 4.69) is 75.5 Å². The number of hydrogen-bond acceptors (Lipinski definition) is 4. The van der Waals surface area contributed by atoms with E-state index in [-0.39, 0.29) is 11.6 Å². The monoisotopic (exact) mass is 516 g/mol. The fourth-order valence-corrected chi connectivity index (χ4v) is 5.29. The number of hydrogen-bond donors (Lipinski definition) is 1. The second-order valence-corrected chi connectivity index (χ2v) is 11.2. The SMILES string of the molecule is CC(C)(C)OC(=O)NC1(c2ccc(-c3nc4cc(-c5cccnc5)ccn4c3-c3ccccc3)cc2)CCC1. The fraction of sp³-hybridized carbons (Fsp3) is 0.242. The van der Waals surface area contributed by atoms with Gasteiger partial charge < -0.3 is 10.1 Å². The van der Waals surface area contributed by atoms with Gasteiger partial charge in [0, 0.05) is 35.3 Å². The number of pyridine rings is 2. The van der Waals surface area contributed by atoms with Gasteiger partial charge in [0.05, 0.1) is 16.9 Å². The molecule has 5 aromatic rings. The average Bonchev–Trinajstić information content (AvgIpc) is 3.30. The Morgan fingerprint density at radius 2 is 1.64 bits per heavy atom. The van der Waals surface area contributed by atoms with E-state index < -0.39 is 5.60 Å². The van der Waals surface area contributed by atoms with Gasteiger partial charge >= 0.3 is 6.09 Å². The van der Waals surface area contributed by atoms with Crippen LogP contribution in [0.15, 0.2) is 97.5 Å². The zero-order valence-corrected chi connectivity index (χ0v) is 22.5. The highest BCUT2D eigenvalue weighted by molar-refractivity contribution is 5.83. The largest absolute Gasteiger partial charge is 0.444 e. The lowest BCUT2D eigenvalue weighted by molar-refractivity contribution is 0.0377. The van der Waals surface area contributed by atoms with E-state index in [1.165, 1.54) is 0 Å². The maximum atomic E-state index is 12.6. The van der Waals surface area contributed by atoms with Gasteiger partial charge in [-0.15, -0.1) is 0 Å². The molecular formula is C33H32N4O2. The van der Waals surface area contributed by atoms with Crippen LogP contribution in [0.2, 0.25) is 0 Å². The molecular weight excluding hydrogens is 484 g/mol. The van der Waals surface area contributed by atoms with Crippen LogP contribution in [0.5, 0.6) is 0 Å². The number of aromatic nitrogens is 3. The van der Waals surface area contributed by atoms with Crippen molar-refractivity contribution in [2.24, 2.45) is 0 Å².